The number of rotatable bonds is 9. The molecule has 0 saturated heterocycles. The van der Waals surface area contributed by atoms with Crippen LogP contribution in [0.25, 0.3) is 10.9 Å². The van der Waals surface area contributed by atoms with Crippen LogP contribution in [-0.4, -0.2) is 42.2 Å². The van der Waals surface area contributed by atoms with Crippen molar-refractivity contribution in [1.82, 2.24) is 35.1 Å². The van der Waals surface area contributed by atoms with Crippen molar-refractivity contribution in [2.75, 3.05) is 7.11 Å². The molecular formula is C27H27N7O2. The van der Waals surface area contributed by atoms with Gasteiger partial charge in [0.05, 0.1) is 20.2 Å². The fraction of sp³-hybridized carbons (Fsp3) is 0.222. The van der Waals surface area contributed by atoms with E-state index < -0.39 is 0 Å². The monoisotopic (exact) mass is 481 g/mol. The lowest BCUT2D eigenvalue weighted by molar-refractivity contribution is 0.235. The first-order valence-electron chi connectivity index (χ1n) is 11.7. The predicted molar refractivity (Wildman–Crippen MR) is 136 cm³/mol. The quantitative estimate of drug-likeness (QED) is 0.344. The van der Waals surface area contributed by atoms with Gasteiger partial charge in [-0.15, -0.1) is 5.10 Å². The SMILES string of the molecule is COc1ccc(Cn2nnnc2CN(Cc2cccnc2)Cc2cc3cc(C)ccc3[nH]c2=O)cc1. The van der Waals surface area contributed by atoms with Crippen molar-refractivity contribution >= 4 is 10.9 Å². The van der Waals surface area contributed by atoms with Gasteiger partial charge in [-0.2, -0.15) is 0 Å². The minimum Gasteiger partial charge on any atom is -0.497 e. The van der Waals surface area contributed by atoms with Crippen LogP contribution in [0.3, 0.4) is 0 Å². The number of aryl methyl sites for hydroxylation is 1. The molecule has 3 heterocycles. The lowest BCUT2D eigenvalue weighted by atomic mass is 10.1. The zero-order chi connectivity index (χ0) is 24.9. The van der Waals surface area contributed by atoms with Gasteiger partial charge in [-0.25, -0.2) is 4.68 Å². The number of pyridine rings is 2. The van der Waals surface area contributed by atoms with Crippen LogP contribution in [0, 0.1) is 6.92 Å². The number of aromatic nitrogens is 6. The van der Waals surface area contributed by atoms with E-state index in [-0.39, 0.29) is 5.56 Å². The number of aromatic amines is 1. The van der Waals surface area contributed by atoms with Crippen LogP contribution in [0.15, 0.2) is 77.9 Å². The predicted octanol–water partition coefficient (Wildman–Crippen LogP) is 3.48. The number of fused-ring (bicyclic) bond motifs is 1. The van der Waals surface area contributed by atoms with Gasteiger partial charge in [0.2, 0.25) is 0 Å². The molecule has 0 radical (unpaired) electrons. The summed E-state index contributed by atoms with van der Waals surface area (Å²) in [5.41, 5.74) is 4.66. The number of methoxy groups -OCH3 is 1. The first-order valence-corrected chi connectivity index (χ1v) is 11.7. The normalized spacial score (nSPS) is 11.3. The van der Waals surface area contributed by atoms with E-state index >= 15 is 0 Å². The number of hydrogen-bond donors (Lipinski definition) is 1. The summed E-state index contributed by atoms with van der Waals surface area (Å²) in [7, 11) is 1.65. The Labute approximate surface area is 208 Å². The molecule has 0 atom stereocenters. The summed E-state index contributed by atoms with van der Waals surface area (Å²) >= 11 is 0. The summed E-state index contributed by atoms with van der Waals surface area (Å²) < 4.78 is 7.03. The van der Waals surface area contributed by atoms with Gasteiger partial charge < -0.3 is 9.72 Å². The molecule has 9 nitrogen and oxygen atoms in total. The van der Waals surface area contributed by atoms with E-state index in [2.05, 4.69) is 36.5 Å². The highest BCUT2D eigenvalue weighted by Crippen LogP contribution is 2.17. The molecular weight excluding hydrogens is 454 g/mol. The molecule has 9 heteroatoms. The Morgan fingerprint density at radius 3 is 2.64 bits per heavy atom. The van der Waals surface area contributed by atoms with Crippen LogP contribution in [0.1, 0.15) is 28.1 Å². The molecule has 1 N–H and O–H groups in total. The molecule has 0 bridgehead atoms. The summed E-state index contributed by atoms with van der Waals surface area (Å²) in [5, 5.41) is 13.4. The van der Waals surface area contributed by atoms with Gasteiger partial charge in [0.25, 0.3) is 5.56 Å². The highest BCUT2D eigenvalue weighted by atomic mass is 16.5. The molecule has 0 spiro atoms. The Kier molecular flexibility index (Phi) is 6.81. The molecule has 5 rings (SSSR count). The third-order valence-electron chi connectivity index (χ3n) is 6.06. The average Bonchev–Trinajstić information content (AvgIpc) is 3.32. The maximum absolute atomic E-state index is 12.9. The lowest BCUT2D eigenvalue weighted by Crippen LogP contribution is -2.28. The number of ether oxygens (including phenoxy) is 1. The van der Waals surface area contributed by atoms with Crippen molar-refractivity contribution < 1.29 is 4.74 Å². The highest BCUT2D eigenvalue weighted by molar-refractivity contribution is 5.79. The van der Waals surface area contributed by atoms with E-state index in [1.165, 1.54) is 0 Å². The van der Waals surface area contributed by atoms with E-state index in [4.69, 9.17) is 4.74 Å². The summed E-state index contributed by atoms with van der Waals surface area (Å²) in [4.78, 5) is 22.3. The van der Waals surface area contributed by atoms with Crippen molar-refractivity contribution in [2.45, 2.75) is 33.1 Å². The van der Waals surface area contributed by atoms with E-state index in [0.29, 0.717) is 37.6 Å². The Morgan fingerprint density at radius 1 is 1.00 bits per heavy atom. The molecule has 0 unspecified atom stereocenters. The van der Waals surface area contributed by atoms with Gasteiger partial charge in [0.1, 0.15) is 5.75 Å². The second kappa shape index (κ2) is 10.5. The van der Waals surface area contributed by atoms with Gasteiger partial charge in [-0.05, 0) is 70.3 Å². The molecule has 2 aromatic carbocycles. The second-order valence-corrected chi connectivity index (χ2v) is 8.82. The van der Waals surface area contributed by atoms with Crippen LogP contribution in [-0.2, 0) is 26.2 Å². The van der Waals surface area contributed by atoms with Crippen LogP contribution in [0.4, 0.5) is 0 Å². The zero-order valence-corrected chi connectivity index (χ0v) is 20.3. The molecule has 5 aromatic rings. The summed E-state index contributed by atoms with van der Waals surface area (Å²) in [6.07, 6.45) is 3.58. The maximum atomic E-state index is 12.9. The largest absolute Gasteiger partial charge is 0.497 e. The number of nitrogens with one attached hydrogen (secondary N) is 1. The van der Waals surface area contributed by atoms with Crippen molar-refractivity contribution in [3.05, 3.63) is 111 Å². The van der Waals surface area contributed by atoms with Crippen molar-refractivity contribution in [1.29, 1.82) is 0 Å². The molecule has 0 aliphatic rings. The molecule has 36 heavy (non-hydrogen) atoms. The number of nitrogens with zero attached hydrogens (tertiary/aromatic N) is 6. The van der Waals surface area contributed by atoms with Crippen molar-refractivity contribution in [3.63, 3.8) is 0 Å². The topological polar surface area (TPSA) is 102 Å². The Balaban J connectivity index is 1.42. The zero-order valence-electron chi connectivity index (χ0n) is 20.3. The van der Waals surface area contributed by atoms with Gasteiger partial charge >= 0.3 is 0 Å². The number of benzene rings is 2. The molecule has 0 saturated carbocycles. The van der Waals surface area contributed by atoms with E-state index in [1.807, 2.05) is 67.7 Å². The van der Waals surface area contributed by atoms with Crippen LogP contribution < -0.4 is 10.3 Å². The van der Waals surface area contributed by atoms with Crippen molar-refractivity contribution in [3.8, 4) is 5.75 Å². The lowest BCUT2D eigenvalue weighted by Gasteiger charge is -2.22. The van der Waals surface area contributed by atoms with Crippen LogP contribution in [0.5, 0.6) is 5.75 Å². The minimum atomic E-state index is -0.0969. The summed E-state index contributed by atoms with van der Waals surface area (Å²) in [6, 6.07) is 19.7. The van der Waals surface area contributed by atoms with Crippen LogP contribution in [0.2, 0.25) is 0 Å². The van der Waals surface area contributed by atoms with Crippen molar-refractivity contribution in [2.24, 2.45) is 0 Å². The standard InChI is InChI=1S/C27H27N7O2/c1-19-5-10-25-22(12-19)13-23(27(35)29-25)17-33(15-21-4-3-11-28-14-21)18-26-30-31-32-34(26)16-20-6-8-24(36-2)9-7-20/h3-14H,15-18H2,1-2H3,(H,29,35). The molecule has 3 aromatic heterocycles. The molecule has 182 valence electrons. The average molecular weight is 482 g/mol. The Morgan fingerprint density at radius 2 is 1.86 bits per heavy atom. The van der Waals surface area contributed by atoms with E-state index in [0.717, 1.165) is 33.3 Å². The summed E-state index contributed by atoms with van der Waals surface area (Å²) in [5.74, 6) is 1.51. The third-order valence-corrected chi connectivity index (χ3v) is 6.06. The molecule has 0 amide bonds. The molecule has 0 aliphatic carbocycles. The first kappa shape index (κ1) is 23.4. The van der Waals surface area contributed by atoms with E-state index in [1.54, 1.807) is 18.0 Å². The van der Waals surface area contributed by atoms with Gasteiger partial charge in [0, 0.05) is 36.6 Å². The third kappa shape index (κ3) is 5.47. The number of hydrogen-bond acceptors (Lipinski definition) is 7. The Hall–Kier alpha value is -4.37. The summed E-state index contributed by atoms with van der Waals surface area (Å²) in [6.45, 7) is 4.06. The van der Waals surface area contributed by atoms with Gasteiger partial charge in [-0.1, -0.05) is 29.8 Å². The van der Waals surface area contributed by atoms with E-state index in [9.17, 15) is 4.79 Å². The maximum Gasteiger partial charge on any atom is 0.252 e. The smallest absolute Gasteiger partial charge is 0.252 e. The minimum absolute atomic E-state index is 0.0969. The molecule has 0 fully saturated rings. The number of H-pyrrole nitrogens is 1. The highest BCUT2D eigenvalue weighted by Gasteiger charge is 2.16. The molecule has 0 aliphatic heterocycles. The van der Waals surface area contributed by atoms with Gasteiger partial charge in [0.15, 0.2) is 5.82 Å². The van der Waals surface area contributed by atoms with Crippen LogP contribution >= 0.6 is 0 Å². The Bertz CT molecular complexity index is 1510. The fourth-order valence-electron chi connectivity index (χ4n) is 4.21. The fourth-order valence-corrected chi connectivity index (χ4v) is 4.21. The van der Waals surface area contributed by atoms with Gasteiger partial charge in [-0.3, -0.25) is 14.7 Å². The second-order valence-electron chi connectivity index (χ2n) is 8.82. The first-order chi connectivity index (χ1) is 17.6. The number of tetrazole rings is 1.